The maximum absolute atomic E-state index is 14.3. The summed E-state index contributed by atoms with van der Waals surface area (Å²) in [4.78, 5) is 35.6. The predicted octanol–water partition coefficient (Wildman–Crippen LogP) is 2.58. The van der Waals surface area contributed by atoms with Crippen molar-refractivity contribution in [3.05, 3.63) is 76.1 Å². The van der Waals surface area contributed by atoms with Gasteiger partial charge in [0, 0.05) is 5.56 Å². The highest BCUT2D eigenvalue weighted by Crippen LogP contribution is 2.23. The van der Waals surface area contributed by atoms with Crippen LogP contribution in [0.1, 0.15) is 23.0 Å². The third kappa shape index (κ3) is 2.84. The quantitative estimate of drug-likeness (QED) is 0.570. The van der Waals surface area contributed by atoms with E-state index >= 15 is 0 Å². The Kier molecular flexibility index (Phi) is 4.23. The molecule has 0 bridgehead atoms. The van der Waals surface area contributed by atoms with Crippen LogP contribution in [-0.2, 0) is 6.42 Å². The van der Waals surface area contributed by atoms with Crippen molar-refractivity contribution in [1.29, 1.82) is 0 Å². The van der Waals surface area contributed by atoms with Gasteiger partial charge in [-0.1, -0.05) is 43.3 Å². The van der Waals surface area contributed by atoms with Crippen LogP contribution >= 0.6 is 0 Å². The first-order valence-electron chi connectivity index (χ1n) is 8.66. The number of halogens is 1. The van der Waals surface area contributed by atoms with E-state index in [1.54, 1.807) is 6.07 Å². The molecular weight excluding hydrogens is 361 g/mol. The molecule has 7 nitrogen and oxygen atoms in total. The van der Waals surface area contributed by atoms with Crippen LogP contribution in [-0.4, -0.2) is 25.4 Å². The second-order valence-electron chi connectivity index (χ2n) is 6.23. The maximum atomic E-state index is 14.3. The van der Waals surface area contributed by atoms with Crippen LogP contribution in [0, 0.1) is 5.82 Å². The normalized spacial score (nSPS) is 11.1. The summed E-state index contributed by atoms with van der Waals surface area (Å²) >= 11 is 0. The van der Waals surface area contributed by atoms with Crippen molar-refractivity contribution in [3.8, 4) is 17.1 Å². The number of aromatic amines is 1. The number of para-hydroxylation sites is 1. The summed E-state index contributed by atoms with van der Waals surface area (Å²) in [6.45, 7) is 2.04. The van der Waals surface area contributed by atoms with E-state index in [4.69, 9.17) is 5.73 Å². The van der Waals surface area contributed by atoms with Gasteiger partial charge in [0.05, 0.1) is 5.69 Å². The molecule has 0 aliphatic carbocycles. The second kappa shape index (κ2) is 6.73. The molecule has 0 atom stereocenters. The number of amides is 1. The van der Waals surface area contributed by atoms with Crippen molar-refractivity contribution in [2.45, 2.75) is 13.3 Å². The fraction of sp³-hybridized carbons (Fsp3) is 0.100. The Morgan fingerprint density at radius 3 is 2.50 bits per heavy atom. The molecule has 8 heteroatoms. The summed E-state index contributed by atoms with van der Waals surface area (Å²) in [5.41, 5.74) is 6.62. The lowest BCUT2D eigenvalue weighted by Gasteiger charge is -2.07. The third-order valence-electron chi connectivity index (χ3n) is 4.48. The number of rotatable bonds is 4. The Labute approximate surface area is 158 Å². The molecule has 28 heavy (non-hydrogen) atoms. The van der Waals surface area contributed by atoms with Crippen molar-refractivity contribution in [3.63, 3.8) is 0 Å². The van der Waals surface area contributed by atoms with Gasteiger partial charge in [-0.3, -0.25) is 4.79 Å². The molecule has 0 saturated carbocycles. The maximum Gasteiger partial charge on any atom is 0.332 e. The van der Waals surface area contributed by atoms with Gasteiger partial charge in [0.1, 0.15) is 11.3 Å². The van der Waals surface area contributed by atoms with Crippen LogP contribution in [0.4, 0.5) is 4.39 Å². The topological polar surface area (TPSA) is 107 Å². The lowest BCUT2D eigenvalue weighted by molar-refractivity contribution is 0.0997. The molecule has 2 aromatic carbocycles. The number of aryl methyl sites for hydroxylation is 1. The Morgan fingerprint density at radius 2 is 1.86 bits per heavy atom. The molecule has 2 aromatic heterocycles. The Morgan fingerprint density at radius 1 is 1.14 bits per heavy atom. The highest BCUT2D eigenvalue weighted by Gasteiger charge is 2.21. The molecule has 4 aromatic rings. The summed E-state index contributed by atoms with van der Waals surface area (Å²) in [6, 6.07) is 13.3. The number of nitrogens with two attached hydrogens (primary N) is 1. The minimum Gasteiger partial charge on any atom is -0.364 e. The van der Waals surface area contributed by atoms with Crippen LogP contribution in [0.5, 0.6) is 0 Å². The Hall–Kier alpha value is -3.81. The zero-order valence-corrected chi connectivity index (χ0v) is 14.9. The van der Waals surface area contributed by atoms with Crippen LogP contribution < -0.4 is 11.4 Å². The van der Waals surface area contributed by atoms with Crippen LogP contribution in [0.2, 0.25) is 0 Å². The Bertz CT molecular complexity index is 1260. The molecule has 0 unspecified atom stereocenters. The van der Waals surface area contributed by atoms with Gasteiger partial charge in [0.25, 0.3) is 5.91 Å². The third-order valence-corrected chi connectivity index (χ3v) is 4.48. The number of carbonyl (C=O) groups excluding carboxylic acids is 1. The van der Waals surface area contributed by atoms with Crippen molar-refractivity contribution < 1.29 is 9.18 Å². The first-order valence-corrected chi connectivity index (χ1v) is 8.66. The van der Waals surface area contributed by atoms with E-state index in [0.29, 0.717) is 5.56 Å². The average Bonchev–Trinajstić information content (AvgIpc) is 3.03. The van der Waals surface area contributed by atoms with Crippen molar-refractivity contribution in [2.75, 3.05) is 0 Å². The first-order chi connectivity index (χ1) is 13.5. The SMILES string of the molecule is CCc1ccc(-c2nc(C(N)=O)c3[nH]c(=O)n(-c4ccccc4F)c3n2)cc1. The molecule has 1 amide bonds. The highest BCUT2D eigenvalue weighted by atomic mass is 19.1. The van der Waals surface area contributed by atoms with Crippen LogP contribution in [0.25, 0.3) is 28.2 Å². The minimum absolute atomic E-state index is 0.0140. The summed E-state index contributed by atoms with van der Waals surface area (Å²) in [7, 11) is 0. The molecule has 140 valence electrons. The first kappa shape index (κ1) is 17.6. The minimum atomic E-state index is -0.819. The molecule has 4 rings (SSSR count). The van der Waals surface area contributed by atoms with Crippen LogP contribution in [0.15, 0.2) is 53.3 Å². The van der Waals surface area contributed by atoms with Gasteiger partial charge in [-0.15, -0.1) is 0 Å². The lowest BCUT2D eigenvalue weighted by atomic mass is 10.1. The monoisotopic (exact) mass is 377 g/mol. The van der Waals surface area contributed by atoms with Crippen LogP contribution in [0.3, 0.4) is 0 Å². The number of primary amides is 1. The summed E-state index contributed by atoms with van der Waals surface area (Å²) < 4.78 is 15.4. The number of hydrogen-bond acceptors (Lipinski definition) is 4. The van der Waals surface area contributed by atoms with E-state index in [2.05, 4.69) is 15.0 Å². The number of imidazole rings is 1. The number of fused-ring (bicyclic) bond motifs is 1. The standard InChI is InChI=1S/C20H16FN5O2/c1-2-11-7-9-12(10-8-11)18-23-15(17(22)27)16-19(25-18)26(20(28)24-16)14-6-4-3-5-13(14)21/h3-10H,2H2,1H3,(H2,22,27)(H,24,28). The summed E-state index contributed by atoms with van der Waals surface area (Å²) in [5, 5.41) is 0. The Balaban J connectivity index is 2.04. The number of benzene rings is 2. The average molecular weight is 377 g/mol. The zero-order valence-electron chi connectivity index (χ0n) is 14.9. The van der Waals surface area contributed by atoms with E-state index in [1.807, 2.05) is 31.2 Å². The molecule has 0 aliphatic rings. The lowest BCUT2D eigenvalue weighted by Crippen LogP contribution is -2.16. The van der Waals surface area contributed by atoms with Gasteiger partial charge in [-0.2, -0.15) is 0 Å². The predicted molar refractivity (Wildman–Crippen MR) is 103 cm³/mol. The number of hydrogen-bond donors (Lipinski definition) is 2. The summed E-state index contributed by atoms with van der Waals surface area (Å²) in [6.07, 6.45) is 0.872. The van der Waals surface area contributed by atoms with E-state index in [0.717, 1.165) is 16.6 Å². The number of H-pyrrole nitrogens is 1. The zero-order chi connectivity index (χ0) is 19.8. The van der Waals surface area contributed by atoms with Crippen molar-refractivity contribution in [2.24, 2.45) is 5.73 Å². The van der Waals surface area contributed by atoms with Gasteiger partial charge < -0.3 is 10.7 Å². The number of aromatic nitrogens is 4. The van der Waals surface area contributed by atoms with Gasteiger partial charge in [0.2, 0.25) is 0 Å². The number of nitrogens with zero attached hydrogens (tertiary/aromatic N) is 3. The molecule has 3 N–H and O–H groups in total. The molecule has 0 aliphatic heterocycles. The molecule has 0 spiro atoms. The molecule has 0 radical (unpaired) electrons. The number of carbonyl (C=O) groups is 1. The highest BCUT2D eigenvalue weighted by molar-refractivity contribution is 6.02. The van der Waals surface area contributed by atoms with E-state index in [1.165, 1.54) is 18.2 Å². The van der Waals surface area contributed by atoms with E-state index in [-0.39, 0.29) is 28.4 Å². The smallest absolute Gasteiger partial charge is 0.332 e. The van der Waals surface area contributed by atoms with E-state index < -0.39 is 17.4 Å². The van der Waals surface area contributed by atoms with Gasteiger partial charge in [-0.25, -0.2) is 23.7 Å². The van der Waals surface area contributed by atoms with Gasteiger partial charge in [0.15, 0.2) is 17.2 Å². The molecular formula is C20H16FN5O2. The van der Waals surface area contributed by atoms with E-state index in [9.17, 15) is 14.0 Å². The molecule has 0 saturated heterocycles. The number of nitrogens with one attached hydrogen (secondary N) is 1. The van der Waals surface area contributed by atoms with Gasteiger partial charge in [-0.05, 0) is 24.1 Å². The van der Waals surface area contributed by atoms with Gasteiger partial charge >= 0.3 is 5.69 Å². The fourth-order valence-corrected chi connectivity index (χ4v) is 3.04. The summed E-state index contributed by atoms with van der Waals surface area (Å²) in [5.74, 6) is -1.20. The largest absolute Gasteiger partial charge is 0.364 e. The molecule has 0 fully saturated rings. The fourth-order valence-electron chi connectivity index (χ4n) is 3.04. The molecule has 2 heterocycles. The second-order valence-corrected chi connectivity index (χ2v) is 6.23. The van der Waals surface area contributed by atoms with Crippen molar-refractivity contribution >= 4 is 17.1 Å². The van der Waals surface area contributed by atoms with Crippen molar-refractivity contribution in [1.82, 2.24) is 19.5 Å².